The maximum absolute atomic E-state index is 10.9. The fourth-order valence-corrected chi connectivity index (χ4v) is 1.17. The van der Waals surface area contributed by atoms with Crippen molar-refractivity contribution < 1.29 is 9.53 Å². The third-order valence-corrected chi connectivity index (χ3v) is 1.99. The van der Waals surface area contributed by atoms with Gasteiger partial charge in [-0.1, -0.05) is 0 Å². The number of ether oxygens (including phenoxy) is 1. The van der Waals surface area contributed by atoms with Crippen molar-refractivity contribution in [2.45, 2.75) is 0 Å². The number of nitrogens with zero attached hydrogens (tertiary/aromatic N) is 2. The van der Waals surface area contributed by atoms with Crippen LogP contribution in [0.25, 0.3) is 0 Å². The zero-order valence-corrected chi connectivity index (χ0v) is 7.32. The van der Waals surface area contributed by atoms with Gasteiger partial charge in [0.2, 0.25) is 0 Å². The molecule has 0 radical (unpaired) electrons. The van der Waals surface area contributed by atoms with E-state index in [1.807, 2.05) is 4.90 Å². The highest BCUT2D eigenvalue weighted by atomic mass is 16.5. The van der Waals surface area contributed by atoms with E-state index in [1.54, 1.807) is 5.01 Å². The number of carbonyl (C=O) groups excluding carboxylic acids is 1. The van der Waals surface area contributed by atoms with Gasteiger partial charge in [0.05, 0.1) is 13.7 Å². The number of hydrazine groups is 1. The molecule has 1 fully saturated rings. The molecule has 0 aromatic rings. The van der Waals surface area contributed by atoms with Crippen LogP contribution in [0.2, 0.25) is 0 Å². The summed E-state index contributed by atoms with van der Waals surface area (Å²) in [5, 5.41) is 1.76. The molecule has 1 aliphatic rings. The number of nitrogens with two attached hydrogens (primary N) is 1. The van der Waals surface area contributed by atoms with E-state index in [2.05, 4.69) is 4.74 Å². The normalized spacial score (nSPS) is 20.8. The monoisotopic (exact) mass is 173 g/mol. The molecular weight excluding hydrogens is 158 g/mol. The quantitative estimate of drug-likeness (QED) is 0.413. The molecule has 0 saturated carbocycles. The van der Waals surface area contributed by atoms with Gasteiger partial charge in [-0.05, 0) is 0 Å². The van der Waals surface area contributed by atoms with Crippen molar-refractivity contribution in [2.24, 2.45) is 5.84 Å². The van der Waals surface area contributed by atoms with E-state index in [4.69, 9.17) is 5.84 Å². The van der Waals surface area contributed by atoms with E-state index in [-0.39, 0.29) is 5.97 Å². The van der Waals surface area contributed by atoms with Crippen LogP contribution in [0.3, 0.4) is 0 Å². The summed E-state index contributed by atoms with van der Waals surface area (Å²) in [5.41, 5.74) is 0. The first-order chi connectivity index (χ1) is 5.72. The van der Waals surface area contributed by atoms with Crippen LogP contribution < -0.4 is 5.84 Å². The molecule has 5 nitrogen and oxygen atoms in total. The van der Waals surface area contributed by atoms with Crippen molar-refractivity contribution in [1.82, 2.24) is 9.91 Å². The molecule has 0 atom stereocenters. The van der Waals surface area contributed by atoms with Crippen LogP contribution >= 0.6 is 0 Å². The number of piperazine rings is 1. The molecule has 1 heterocycles. The molecule has 0 amide bonds. The fraction of sp³-hybridized carbons (Fsp3) is 0.857. The van der Waals surface area contributed by atoms with Crippen molar-refractivity contribution in [1.29, 1.82) is 0 Å². The molecule has 0 aliphatic carbocycles. The Morgan fingerprint density at radius 2 is 2.00 bits per heavy atom. The number of methoxy groups -OCH3 is 1. The molecule has 2 N–H and O–H groups in total. The Hall–Kier alpha value is -0.650. The highest BCUT2D eigenvalue weighted by molar-refractivity contribution is 5.71. The second kappa shape index (κ2) is 4.39. The minimum absolute atomic E-state index is 0.180. The average molecular weight is 173 g/mol. The Bertz CT molecular complexity index is 155. The summed E-state index contributed by atoms with van der Waals surface area (Å²) in [6.07, 6.45) is 0. The standard InChI is InChI=1S/C7H15N3O2/c1-12-7(11)6-9-2-4-10(8)5-3-9/h2-6,8H2,1H3. The smallest absolute Gasteiger partial charge is 0.319 e. The predicted molar refractivity (Wildman–Crippen MR) is 44.2 cm³/mol. The number of carbonyl (C=O) groups is 1. The lowest BCUT2D eigenvalue weighted by molar-refractivity contribution is -0.142. The lowest BCUT2D eigenvalue weighted by atomic mass is 10.3. The van der Waals surface area contributed by atoms with Crippen molar-refractivity contribution in [3.63, 3.8) is 0 Å². The second-order valence-corrected chi connectivity index (χ2v) is 2.89. The Morgan fingerprint density at radius 3 is 2.50 bits per heavy atom. The molecule has 12 heavy (non-hydrogen) atoms. The van der Waals surface area contributed by atoms with E-state index in [9.17, 15) is 4.79 Å². The van der Waals surface area contributed by atoms with Gasteiger partial charge >= 0.3 is 5.97 Å². The fourth-order valence-electron chi connectivity index (χ4n) is 1.17. The van der Waals surface area contributed by atoms with E-state index in [1.165, 1.54) is 7.11 Å². The van der Waals surface area contributed by atoms with Crippen molar-refractivity contribution in [3.8, 4) is 0 Å². The second-order valence-electron chi connectivity index (χ2n) is 2.89. The molecular formula is C7H15N3O2. The van der Waals surface area contributed by atoms with Gasteiger partial charge in [0.1, 0.15) is 0 Å². The van der Waals surface area contributed by atoms with Gasteiger partial charge in [-0.3, -0.25) is 15.5 Å². The summed E-state index contributed by atoms with van der Waals surface area (Å²) in [5.74, 6) is 5.37. The van der Waals surface area contributed by atoms with Gasteiger partial charge in [0.25, 0.3) is 0 Å². The Labute approximate surface area is 72.0 Å². The van der Waals surface area contributed by atoms with Crippen LogP contribution in [0.15, 0.2) is 0 Å². The molecule has 0 bridgehead atoms. The molecule has 1 aliphatic heterocycles. The SMILES string of the molecule is COC(=O)CN1CCN(N)CC1. The van der Waals surface area contributed by atoms with E-state index in [0.717, 1.165) is 26.2 Å². The first kappa shape index (κ1) is 9.44. The van der Waals surface area contributed by atoms with Crippen LogP contribution in [0.4, 0.5) is 0 Å². The maximum Gasteiger partial charge on any atom is 0.319 e. The first-order valence-electron chi connectivity index (χ1n) is 4.01. The molecule has 1 rings (SSSR count). The number of esters is 1. The largest absolute Gasteiger partial charge is 0.468 e. The predicted octanol–water partition coefficient (Wildman–Crippen LogP) is -1.35. The van der Waals surface area contributed by atoms with Crippen LogP contribution in [-0.4, -0.2) is 55.7 Å². The van der Waals surface area contributed by atoms with Crippen molar-refractivity contribution >= 4 is 5.97 Å². The van der Waals surface area contributed by atoms with Gasteiger partial charge in [0.15, 0.2) is 0 Å². The minimum atomic E-state index is -0.180. The van der Waals surface area contributed by atoms with E-state index < -0.39 is 0 Å². The van der Waals surface area contributed by atoms with Gasteiger partial charge in [-0.15, -0.1) is 0 Å². The maximum atomic E-state index is 10.9. The minimum Gasteiger partial charge on any atom is -0.468 e. The number of rotatable bonds is 2. The van der Waals surface area contributed by atoms with Gasteiger partial charge < -0.3 is 4.74 Å². The lowest BCUT2D eigenvalue weighted by Crippen LogP contribution is -2.50. The Kier molecular flexibility index (Phi) is 3.46. The summed E-state index contributed by atoms with van der Waals surface area (Å²) >= 11 is 0. The van der Waals surface area contributed by atoms with Crippen molar-refractivity contribution in [3.05, 3.63) is 0 Å². The summed E-state index contributed by atoms with van der Waals surface area (Å²) in [4.78, 5) is 12.9. The molecule has 0 spiro atoms. The number of hydrogen-bond acceptors (Lipinski definition) is 5. The lowest BCUT2D eigenvalue weighted by Gasteiger charge is -2.30. The van der Waals surface area contributed by atoms with Crippen LogP contribution in [0.5, 0.6) is 0 Å². The summed E-state index contributed by atoms with van der Waals surface area (Å²) < 4.78 is 4.55. The zero-order chi connectivity index (χ0) is 8.97. The van der Waals surface area contributed by atoms with Crippen LogP contribution in [-0.2, 0) is 9.53 Å². The van der Waals surface area contributed by atoms with E-state index in [0.29, 0.717) is 6.54 Å². The highest BCUT2D eigenvalue weighted by Crippen LogP contribution is 1.96. The molecule has 0 unspecified atom stereocenters. The molecule has 1 saturated heterocycles. The Morgan fingerprint density at radius 1 is 1.42 bits per heavy atom. The molecule has 5 heteroatoms. The van der Waals surface area contributed by atoms with Crippen molar-refractivity contribution in [2.75, 3.05) is 39.8 Å². The summed E-state index contributed by atoms with van der Waals surface area (Å²) in [6.45, 7) is 3.69. The molecule has 70 valence electrons. The Balaban J connectivity index is 2.21. The van der Waals surface area contributed by atoms with Gasteiger partial charge in [0, 0.05) is 26.2 Å². The zero-order valence-electron chi connectivity index (χ0n) is 7.32. The summed E-state index contributed by atoms with van der Waals surface area (Å²) in [7, 11) is 1.40. The summed E-state index contributed by atoms with van der Waals surface area (Å²) in [6, 6.07) is 0. The van der Waals surface area contributed by atoms with Gasteiger partial charge in [-0.25, -0.2) is 5.01 Å². The molecule has 0 aromatic carbocycles. The average Bonchev–Trinajstić information content (AvgIpc) is 2.09. The molecule has 0 aromatic heterocycles. The third kappa shape index (κ3) is 2.77. The van der Waals surface area contributed by atoms with Gasteiger partial charge in [-0.2, -0.15) is 0 Å². The van der Waals surface area contributed by atoms with E-state index >= 15 is 0 Å². The number of hydrogen-bond donors (Lipinski definition) is 1. The van der Waals surface area contributed by atoms with Crippen LogP contribution in [0.1, 0.15) is 0 Å². The highest BCUT2D eigenvalue weighted by Gasteiger charge is 2.16. The first-order valence-corrected chi connectivity index (χ1v) is 4.01. The van der Waals surface area contributed by atoms with Crippen LogP contribution in [0, 0.1) is 0 Å². The third-order valence-electron chi connectivity index (χ3n) is 1.99. The topological polar surface area (TPSA) is 58.8 Å².